The summed E-state index contributed by atoms with van der Waals surface area (Å²) < 4.78 is 10.6. The van der Waals surface area contributed by atoms with Crippen molar-refractivity contribution in [3.8, 4) is 17.4 Å². The molecule has 0 aliphatic heterocycles. The van der Waals surface area contributed by atoms with Gasteiger partial charge in [0, 0.05) is 12.3 Å². The predicted molar refractivity (Wildman–Crippen MR) is 99.6 cm³/mol. The number of nitrogens with zero attached hydrogens (tertiary/aromatic N) is 1. The Balaban J connectivity index is 1.88. The maximum absolute atomic E-state index is 11.9. The molecule has 8 nitrogen and oxygen atoms in total. The quantitative estimate of drug-likeness (QED) is 0.634. The lowest BCUT2D eigenvalue weighted by Crippen LogP contribution is -2.44. The number of pyridine rings is 1. The molecule has 2 rings (SSSR count). The summed E-state index contributed by atoms with van der Waals surface area (Å²) in [6.07, 6.45) is 8.35. The van der Waals surface area contributed by atoms with E-state index in [-0.39, 0.29) is 17.4 Å². The molecular weight excluding hydrogens is 350 g/mol. The number of ether oxygens (including phenoxy) is 2. The Morgan fingerprint density at radius 2 is 2.11 bits per heavy atom. The molecule has 0 unspecified atom stereocenters. The van der Waals surface area contributed by atoms with E-state index in [1.807, 2.05) is 6.92 Å². The van der Waals surface area contributed by atoms with Crippen LogP contribution in [0.4, 0.5) is 4.79 Å². The Labute approximate surface area is 159 Å². The minimum Gasteiger partial charge on any atom is -0.501 e. The molecule has 0 spiro atoms. The van der Waals surface area contributed by atoms with E-state index in [1.54, 1.807) is 0 Å². The molecule has 2 amide bonds. The second kappa shape index (κ2) is 10.7. The fraction of sp³-hybridized carbons (Fsp3) is 0.632. The van der Waals surface area contributed by atoms with Crippen molar-refractivity contribution in [1.82, 2.24) is 10.3 Å². The second-order valence-corrected chi connectivity index (χ2v) is 6.91. The average molecular weight is 379 g/mol. The molecule has 0 bridgehead atoms. The smallest absolute Gasteiger partial charge is 0.420 e. The Hall–Kier alpha value is -2.35. The van der Waals surface area contributed by atoms with Crippen LogP contribution in [0.3, 0.4) is 0 Å². The number of amides is 2. The van der Waals surface area contributed by atoms with Gasteiger partial charge in [0.25, 0.3) is 5.88 Å². The van der Waals surface area contributed by atoms with E-state index < -0.39 is 18.0 Å². The van der Waals surface area contributed by atoms with Gasteiger partial charge in [-0.1, -0.05) is 39.0 Å². The maximum Gasteiger partial charge on any atom is 0.420 e. The first-order valence-corrected chi connectivity index (χ1v) is 9.60. The van der Waals surface area contributed by atoms with Crippen LogP contribution in [0.5, 0.6) is 17.4 Å². The topological polar surface area (TPSA) is 124 Å². The van der Waals surface area contributed by atoms with Gasteiger partial charge >= 0.3 is 6.09 Å². The van der Waals surface area contributed by atoms with E-state index in [1.165, 1.54) is 31.5 Å². The minimum absolute atomic E-state index is 0.198. The van der Waals surface area contributed by atoms with Crippen molar-refractivity contribution in [3.63, 3.8) is 0 Å². The number of carbonyl (C=O) groups is 2. The number of unbranched alkanes of at least 4 members (excludes halogenated alkanes) is 1. The summed E-state index contributed by atoms with van der Waals surface area (Å²) in [6, 6.07) is 0.721. The first kappa shape index (κ1) is 21.0. The number of carbonyl (C=O) groups excluding carboxylic acids is 2. The summed E-state index contributed by atoms with van der Waals surface area (Å²) in [5.74, 6) is -0.655. The molecule has 4 N–H and O–H groups in total. The van der Waals surface area contributed by atoms with Gasteiger partial charge < -0.3 is 20.3 Å². The third-order valence-electron chi connectivity index (χ3n) is 4.67. The highest BCUT2D eigenvalue weighted by molar-refractivity contribution is 5.95. The minimum atomic E-state index is -1.04. The first-order chi connectivity index (χ1) is 13.0. The van der Waals surface area contributed by atoms with Crippen molar-refractivity contribution in [2.24, 2.45) is 11.7 Å². The molecule has 0 radical (unpaired) electrons. The Morgan fingerprint density at radius 1 is 1.37 bits per heavy atom. The number of imide groups is 1. The molecule has 1 aliphatic rings. The van der Waals surface area contributed by atoms with Crippen molar-refractivity contribution in [2.45, 2.75) is 64.3 Å². The van der Waals surface area contributed by atoms with E-state index in [0.717, 1.165) is 25.7 Å². The van der Waals surface area contributed by atoms with Crippen molar-refractivity contribution < 1.29 is 24.2 Å². The van der Waals surface area contributed by atoms with Crippen LogP contribution in [0.1, 0.15) is 58.3 Å². The molecule has 27 heavy (non-hydrogen) atoms. The molecule has 1 atom stereocenters. The number of hydrogen-bond acceptors (Lipinski definition) is 7. The summed E-state index contributed by atoms with van der Waals surface area (Å²) in [7, 11) is 0. The summed E-state index contributed by atoms with van der Waals surface area (Å²) in [6.45, 7) is 2.48. The third kappa shape index (κ3) is 6.71. The van der Waals surface area contributed by atoms with Crippen LogP contribution >= 0.6 is 0 Å². The van der Waals surface area contributed by atoms with Gasteiger partial charge in [0.15, 0.2) is 5.75 Å². The van der Waals surface area contributed by atoms with Crippen LogP contribution in [0, 0.1) is 5.92 Å². The van der Waals surface area contributed by atoms with Gasteiger partial charge in [-0.2, -0.15) is 0 Å². The molecule has 0 saturated heterocycles. The molecule has 1 aromatic rings. The average Bonchev–Trinajstić information content (AvgIpc) is 2.67. The summed E-state index contributed by atoms with van der Waals surface area (Å²) in [5, 5.41) is 12.3. The van der Waals surface area contributed by atoms with Crippen molar-refractivity contribution in [1.29, 1.82) is 0 Å². The number of aromatic nitrogens is 1. The fourth-order valence-electron chi connectivity index (χ4n) is 3.03. The maximum atomic E-state index is 11.9. The molecule has 0 aromatic carbocycles. The Morgan fingerprint density at radius 3 is 2.81 bits per heavy atom. The highest BCUT2D eigenvalue weighted by atomic mass is 16.6. The number of rotatable bonds is 8. The lowest BCUT2D eigenvalue weighted by molar-refractivity contribution is -0.121. The normalized spacial score (nSPS) is 15.8. The highest BCUT2D eigenvalue weighted by Gasteiger charge is 2.21. The lowest BCUT2D eigenvalue weighted by atomic mass is 9.90. The van der Waals surface area contributed by atoms with E-state index in [0.29, 0.717) is 18.9 Å². The number of hydrogen-bond donors (Lipinski definition) is 3. The van der Waals surface area contributed by atoms with Crippen molar-refractivity contribution >= 4 is 12.0 Å². The zero-order valence-corrected chi connectivity index (χ0v) is 15.8. The molecule has 1 saturated carbocycles. The van der Waals surface area contributed by atoms with Gasteiger partial charge in [-0.3, -0.25) is 10.1 Å². The van der Waals surface area contributed by atoms with Crippen molar-refractivity contribution in [3.05, 3.63) is 12.3 Å². The molecule has 1 aromatic heterocycles. The molecule has 150 valence electrons. The monoisotopic (exact) mass is 379 g/mol. The zero-order chi connectivity index (χ0) is 19.6. The van der Waals surface area contributed by atoms with Crippen LogP contribution in [0.2, 0.25) is 0 Å². The van der Waals surface area contributed by atoms with Crippen molar-refractivity contribution in [2.75, 3.05) is 6.61 Å². The van der Waals surface area contributed by atoms with E-state index in [9.17, 15) is 14.7 Å². The third-order valence-corrected chi connectivity index (χ3v) is 4.67. The first-order valence-electron chi connectivity index (χ1n) is 9.60. The largest absolute Gasteiger partial charge is 0.501 e. The summed E-state index contributed by atoms with van der Waals surface area (Å²) in [4.78, 5) is 27.5. The Bertz CT molecular complexity index is 632. The molecule has 1 aliphatic carbocycles. The van der Waals surface area contributed by atoms with Gasteiger partial charge in [-0.25, -0.2) is 9.78 Å². The van der Waals surface area contributed by atoms with Gasteiger partial charge in [0.2, 0.25) is 11.7 Å². The number of aromatic hydroxyl groups is 1. The van der Waals surface area contributed by atoms with Crippen LogP contribution in [0.25, 0.3) is 0 Å². The van der Waals surface area contributed by atoms with E-state index in [2.05, 4.69) is 10.3 Å². The molecule has 8 heteroatoms. The molecule has 1 heterocycles. The van der Waals surface area contributed by atoms with Crippen LogP contribution in [-0.4, -0.2) is 34.7 Å². The van der Waals surface area contributed by atoms with Gasteiger partial charge in [-0.15, -0.1) is 0 Å². The summed E-state index contributed by atoms with van der Waals surface area (Å²) in [5.41, 5.74) is 5.70. The van der Waals surface area contributed by atoms with Crippen LogP contribution in [0.15, 0.2) is 12.3 Å². The highest BCUT2D eigenvalue weighted by Crippen LogP contribution is 2.34. The van der Waals surface area contributed by atoms with Gasteiger partial charge in [0.1, 0.15) is 0 Å². The SMILES string of the molecule is CCCC[C@H](N)C(=O)NC(=O)Oc1nccc(OCC2CCCCC2)c1O. The van der Waals surface area contributed by atoms with Gasteiger partial charge in [-0.05, 0) is 25.2 Å². The van der Waals surface area contributed by atoms with E-state index in [4.69, 9.17) is 15.2 Å². The van der Waals surface area contributed by atoms with Crippen LogP contribution < -0.4 is 20.5 Å². The standard InChI is InChI=1S/C19H29N3O5/c1-2-3-9-14(20)17(24)22-19(25)27-18-16(23)15(10-11-21-18)26-12-13-7-5-4-6-8-13/h10-11,13-14,23H,2-9,12,20H2,1H3,(H,22,24,25)/t14-/m0/s1. The van der Waals surface area contributed by atoms with Gasteiger partial charge in [0.05, 0.1) is 12.6 Å². The second-order valence-electron chi connectivity index (χ2n) is 6.91. The lowest BCUT2D eigenvalue weighted by Gasteiger charge is -2.22. The fourth-order valence-corrected chi connectivity index (χ4v) is 3.03. The zero-order valence-electron chi connectivity index (χ0n) is 15.8. The summed E-state index contributed by atoms with van der Waals surface area (Å²) >= 11 is 0. The number of nitrogens with two attached hydrogens (primary N) is 1. The van der Waals surface area contributed by atoms with Crippen LogP contribution in [-0.2, 0) is 4.79 Å². The van der Waals surface area contributed by atoms with E-state index >= 15 is 0 Å². The Kier molecular flexibility index (Phi) is 8.32. The predicted octanol–water partition coefficient (Wildman–Crippen LogP) is 2.88. The molecular formula is C19H29N3O5. The number of nitrogens with one attached hydrogen (secondary N) is 1. The molecule has 1 fully saturated rings.